The molecule has 7 nitrogen and oxygen atoms in total. The van der Waals surface area contributed by atoms with Gasteiger partial charge in [-0.1, -0.05) is 49.6 Å². The van der Waals surface area contributed by atoms with Gasteiger partial charge in [0.15, 0.2) is 11.6 Å². The lowest BCUT2D eigenvalue weighted by Gasteiger charge is -2.33. The normalized spacial score (nSPS) is 15.6. The van der Waals surface area contributed by atoms with Gasteiger partial charge in [-0.15, -0.1) is 0 Å². The van der Waals surface area contributed by atoms with Gasteiger partial charge in [0.2, 0.25) is 5.91 Å². The summed E-state index contributed by atoms with van der Waals surface area (Å²) in [6.45, 7) is 0. The van der Waals surface area contributed by atoms with E-state index in [0.29, 0.717) is 18.7 Å². The molecule has 1 amide bonds. The van der Waals surface area contributed by atoms with Crippen molar-refractivity contribution in [1.82, 2.24) is 9.55 Å². The fraction of sp³-hybridized carbons (Fsp3) is 0.300. The van der Waals surface area contributed by atoms with E-state index in [9.17, 15) is 22.8 Å². The van der Waals surface area contributed by atoms with Crippen molar-refractivity contribution in [3.05, 3.63) is 95.1 Å². The zero-order chi connectivity index (χ0) is 28.4. The van der Waals surface area contributed by atoms with Crippen molar-refractivity contribution < 1.29 is 32.6 Å². The Hall–Kier alpha value is -4.18. The number of rotatable bonds is 8. The second-order valence-corrected chi connectivity index (χ2v) is 9.95. The second-order valence-electron chi connectivity index (χ2n) is 9.95. The largest absolute Gasteiger partial charge is 0.478 e. The summed E-state index contributed by atoms with van der Waals surface area (Å²) in [5.74, 6) is -4.96. The lowest BCUT2D eigenvalue weighted by atomic mass is 9.83. The fourth-order valence-electron chi connectivity index (χ4n) is 5.58. The molecular formula is C30H28F3N3O4. The molecule has 0 unspecified atom stereocenters. The molecule has 0 spiro atoms. The van der Waals surface area contributed by atoms with Crippen LogP contribution in [0.3, 0.4) is 0 Å². The maximum Gasteiger partial charge on any atom is 0.338 e. The second kappa shape index (κ2) is 11.5. The number of nitrogens with zero attached hydrogens (tertiary/aromatic N) is 2. The van der Waals surface area contributed by atoms with Crippen molar-refractivity contribution in [2.24, 2.45) is 5.92 Å². The highest BCUT2D eigenvalue weighted by molar-refractivity contribution is 5.96. The lowest BCUT2D eigenvalue weighted by Crippen LogP contribution is -2.35. The van der Waals surface area contributed by atoms with Gasteiger partial charge in [0, 0.05) is 24.9 Å². The number of aromatic nitrogens is 2. The van der Waals surface area contributed by atoms with Crippen LogP contribution >= 0.6 is 0 Å². The number of anilines is 1. The van der Waals surface area contributed by atoms with Gasteiger partial charge in [0.1, 0.15) is 23.8 Å². The number of carboxylic acids is 1. The van der Waals surface area contributed by atoms with E-state index < -0.39 is 47.0 Å². The predicted octanol–water partition coefficient (Wildman–Crippen LogP) is 6.65. The zero-order valence-electron chi connectivity index (χ0n) is 21.7. The molecule has 1 heterocycles. The average Bonchev–Trinajstić information content (AvgIpc) is 3.27. The number of carbonyl (C=O) groups excluding carboxylic acids is 1. The summed E-state index contributed by atoms with van der Waals surface area (Å²) in [5, 5.41) is 11.9. The van der Waals surface area contributed by atoms with Crippen LogP contribution in [0.1, 0.15) is 66.0 Å². The van der Waals surface area contributed by atoms with Gasteiger partial charge >= 0.3 is 5.97 Å². The van der Waals surface area contributed by atoms with E-state index >= 15 is 0 Å². The van der Waals surface area contributed by atoms with Crippen molar-refractivity contribution >= 4 is 28.6 Å². The first-order chi connectivity index (χ1) is 19.3. The third-order valence-corrected chi connectivity index (χ3v) is 7.44. The van der Waals surface area contributed by atoms with Gasteiger partial charge in [0.05, 0.1) is 16.6 Å². The number of halogens is 3. The smallest absolute Gasteiger partial charge is 0.338 e. The van der Waals surface area contributed by atoms with Crippen LogP contribution in [-0.4, -0.2) is 33.6 Å². The van der Waals surface area contributed by atoms with Crippen LogP contribution in [0.5, 0.6) is 0 Å². The number of ether oxygens (including phenoxy) is 1. The Labute approximate surface area is 228 Å². The van der Waals surface area contributed by atoms with Crippen LogP contribution in [0.25, 0.3) is 11.0 Å². The summed E-state index contributed by atoms with van der Waals surface area (Å²) in [5.41, 5.74) is 0.676. The number of hydrogen-bond acceptors (Lipinski definition) is 4. The van der Waals surface area contributed by atoms with Crippen LogP contribution in [0.2, 0.25) is 0 Å². The minimum Gasteiger partial charge on any atom is -0.478 e. The summed E-state index contributed by atoms with van der Waals surface area (Å²) < 4.78 is 50.8. The summed E-state index contributed by atoms with van der Waals surface area (Å²) in [6, 6.07) is 13.6. The minimum atomic E-state index is -1.43. The highest BCUT2D eigenvalue weighted by Crippen LogP contribution is 2.39. The Morgan fingerprint density at radius 3 is 2.33 bits per heavy atom. The molecule has 3 aromatic carbocycles. The number of aromatic carboxylic acids is 1. The SMILES string of the molecule is CO[C@H](c1ccccc1)c1nc2cc(F)c(F)cc2n1[C@H](C(=O)Nc1ccc(C(=O)O)c(F)c1)C1CCCCC1. The van der Waals surface area contributed by atoms with E-state index in [1.165, 1.54) is 13.2 Å². The molecule has 1 saturated carbocycles. The molecule has 10 heteroatoms. The fourth-order valence-corrected chi connectivity index (χ4v) is 5.58. The van der Waals surface area contributed by atoms with Crippen LogP contribution < -0.4 is 5.32 Å². The van der Waals surface area contributed by atoms with E-state index in [1.54, 1.807) is 4.57 Å². The predicted molar refractivity (Wildman–Crippen MR) is 143 cm³/mol. The Balaban J connectivity index is 1.67. The van der Waals surface area contributed by atoms with Crippen molar-refractivity contribution in [3.63, 3.8) is 0 Å². The summed E-state index contributed by atoms with van der Waals surface area (Å²) in [7, 11) is 1.49. The van der Waals surface area contributed by atoms with Crippen molar-refractivity contribution in [1.29, 1.82) is 0 Å². The van der Waals surface area contributed by atoms with E-state index in [2.05, 4.69) is 10.3 Å². The lowest BCUT2D eigenvalue weighted by molar-refractivity contribution is -0.121. The Morgan fingerprint density at radius 1 is 0.975 bits per heavy atom. The third kappa shape index (κ3) is 5.31. The Morgan fingerprint density at radius 2 is 1.68 bits per heavy atom. The van der Waals surface area contributed by atoms with Gasteiger partial charge in [-0.25, -0.2) is 22.9 Å². The van der Waals surface area contributed by atoms with Crippen LogP contribution in [-0.2, 0) is 9.53 Å². The molecule has 2 atom stereocenters. The summed E-state index contributed by atoms with van der Waals surface area (Å²) >= 11 is 0. The topological polar surface area (TPSA) is 93.5 Å². The molecule has 1 aliphatic rings. The number of hydrogen-bond donors (Lipinski definition) is 2. The van der Waals surface area contributed by atoms with Crippen molar-refractivity contribution in [2.75, 3.05) is 12.4 Å². The highest BCUT2D eigenvalue weighted by Gasteiger charge is 2.36. The molecule has 5 rings (SSSR count). The third-order valence-electron chi connectivity index (χ3n) is 7.44. The van der Waals surface area contributed by atoms with Crippen LogP contribution in [0.4, 0.5) is 18.9 Å². The minimum absolute atomic E-state index is 0.0721. The van der Waals surface area contributed by atoms with Gasteiger partial charge in [0.25, 0.3) is 0 Å². The quantitative estimate of drug-likeness (QED) is 0.256. The molecule has 1 aromatic heterocycles. The average molecular weight is 552 g/mol. The summed E-state index contributed by atoms with van der Waals surface area (Å²) in [6.07, 6.45) is 3.42. The number of imidazole rings is 1. The van der Waals surface area contributed by atoms with Gasteiger partial charge in [-0.2, -0.15) is 0 Å². The first-order valence-electron chi connectivity index (χ1n) is 13.1. The molecule has 0 saturated heterocycles. The molecule has 0 radical (unpaired) electrons. The van der Waals surface area contributed by atoms with E-state index in [-0.39, 0.29) is 22.6 Å². The summed E-state index contributed by atoms with van der Waals surface area (Å²) in [4.78, 5) is 29.9. The van der Waals surface area contributed by atoms with Crippen LogP contribution in [0.15, 0.2) is 60.7 Å². The molecule has 208 valence electrons. The maximum absolute atomic E-state index is 14.6. The van der Waals surface area contributed by atoms with E-state index in [1.807, 2.05) is 30.3 Å². The number of fused-ring (bicyclic) bond motifs is 1. The molecule has 0 aliphatic heterocycles. The standard InChI is InChI=1S/C30H28F3N3O4/c1-40-27(18-10-6-3-7-11-18)28-35-24-15-22(32)23(33)16-25(24)36(28)26(17-8-4-2-5-9-17)29(37)34-19-12-13-20(30(38)39)21(31)14-19/h3,6-7,10-17,26-27H,2,4-5,8-9H2,1H3,(H,34,37)(H,38,39)/t26-,27+/m0/s1. The van der Waals surface area contributed by atoms with Crippen molar-refractivity contribution in [3.8, 4) is 0 Å². The number of nitrogens with one attached hydrogen (secondary N) is 1. The number of carbonyl (C=O) groups is 2. The molecule has 40 heavy (non-hydrogen) atoms. The molecule has 1 aliphatic carbocycles. The van der Waals surface area contributed by atoms with Gasteiger partial charge in [-0.05, 0) is 42.5 Å². The molecule has 1 fully saturated rings. The van der Waals surface area contributed by atoms with Gasteiger partial charge in [-0.3, -0.25) is 4.79 Å². The van der Waals surface area contributed by atoms with Crippen LogP contribution in [0, 0.1) is 23.4 Å². The Kier molecular flexibility index (Phi) is 7.88. The zero-order valence-corrected chi connectivity index (χ0v) is 21.7. The number of amides is 1. The van der Waals surface area contributed by atoms with Crippen molar-refractivity contribution in [2.45, 2.75) is 44.2 Å². The molecule has 2 N–H and O–H groups in total. The monoisotopic (exact) mass is 551 g/mol. The van der Waals surface area contributed by atoms with Gasteiger partial charge < -0.3 is 19.7 Å². The number of carboxylic acid groups (broad SMARTS) is 1. The van der Waals surface area contributed by atoms with E-state index in [4.69, 9.17) is 9.84 Å². The first-order valence-corrected chi connectivity index (χ1v) is 13.1. The molecule has 4 aromatic rings. The Bertz CT molecular complexity index is 1550. The van der Waals surface area contributed by atoms with E-state index in [0.717, 1.165) is 49.1 Å². The highest BCUT2D eigenvalue weighted by atomic mass is 19.2. The number of methoxy groups -OCH3 is 1. The number of benzene rings is 3. The maximum atomic E-state index is 14.6. The molecular weight excluding hydrogens is 523 g/mol. The molecule has 0 bridgehead atoms. The first kappa shape index (κ1) is 27.4.